The summed E-state index contributed by atoms with van der Waals surface area (Å²) in [7, 11) is -2.14. The molecule has 1 amide bonds. The van der Waals surface area contributed by atoms with Crippen molar-refractivity contribution >= 4 is 15.9 Å². The molecular formula is C19H25N3O4S. The maximum atomic E-state index is 12.6. The molecule has 0 atom stereocenters. The number of nitrogens with zero attached hydrogens (tertiary/aromatic N) is 1. The fourth-order valence-corrected chi connectivity index (χ4v) is 4.40. The Labute approximate surface area is 160 Å². The zero-order chi connectivity index (χ0) is 20.0. The number of amides is 1. The predicted molar refractivity (Wildman–Crippen MR) is 103 cm³/mol. The van der Waals surface area contributed by atoms with Crippen LogP contribution in [0.5, 0.6) is 5.88 Å². The lowest BCUT2D eigenvalue weighted by Gasteiger charge is -2.13. The number of benzene rings is 1. The van der Waals surface area contributed by atoms with Gasteiger partial charge in [-0.15, -0.1) is 0 Å². The molecule has 1 aromatic heterocycles. The minimum atomic E-state index is -3.66. The Morgan fingerprint density at radius 1 is 1.15 bits per heavy atom. The van der Waals surface area contributed by atoms with Crippen LogP contribution in [0, 0.1) is 20.8 Å². The molecule has 0 saturated carbocycles. The van der Waals surface area contributed by atoms with Crippen LogP contribution in [0.3, 0.4) is 0 Å². The molecule has 0 aliphatic heterocycles. The number of ether oxygens (including phenoxy) is 1. The molecule has 2 aromatic rings. The number of carbonyl (C=O) groups is 1. The Hall–Kier alpha value is -2.45. The second kappa shape index (κ2) is 8.96. The van der Waals surface area contributed by atoms with Crippen molar-refractivity contribution in [2.75, 3.05) is 13.7 Å². The van der Waals surface area contributed by atoms with Gasteiger partial charge >= 0.3 is 0 Å². The van der Waals surface area contributed by atoms with Gasteiger partial charge in [-0.3, -0.25) is 4.79 Å². The highest BCUT2D eigenvalue weighted by Crippen LogP contribution is 2.21. The van der Waals surface area contributed by atoms with E-state index in [1.807, 2.05) is 19.1 Å². The van der Waals surface area contributed by atoms with Crippen LogP contribution < -0.4 is 14.8 Å². The molecule has 0 bridgehead atoms. The van der Waals surface area contributed by atoms with Gasteiger partial charge in [0, 0.05) is 31.8 Å². The highest BCUT2D eigenvalue weighted by atomic mass is 32.2. The lowest BCUT2D eigenvalue weighted by molar-refractivity contribution is -0.121. The summed E-state index contributed by atoms with van der Waals surface area (Å²) < 4.78 is 32.6. The summed E-state index contributed by atoms with van der Waals surface area (Å²) in [5.41, 5.74) is 3.24. The number of hydrogen-bond donors (Lipinski definition) is 2. The van der Waals surface area contributed by atoms with E-state index >= 15 is 0 Å². The van der Waals surface area contributed by atoms with E-state index in [4.69, 9.17) is 4.74 Å². The molecule has 1 aromatic carbocycles. The predicted octanol–water partition coefficient (Wildman–Crippen LogP) is 2.00. The van der Waals surface area contributed by atoms with Gasteiger partial charge in [-0.1, -0.05) is 17.7 Å². The molecule has 2 N–H and O–H groups in total. The fraction of sp³-hybridized carbons (Fsp3) is 0.368. The normalized spacial score (nSPS) is 11.3. The van der Waals surface area contributed by atoms with E-state index in [-0.39, 0.29) is 23.8 Å². The average Bonchev–Trinajstić information content (AvgIpc) is 2.58. The molecule has 0 fully saturated rings. The molecule has 7 nitrogen and oxygen atoms in total. The van der Waals surface area contributed by atoms with Crippen molar-refractivity contribution < 1.29 is 17.9 Å². The van der Waals surface area contributed by atoms with Crippen molar-refractivity contribution in [1.82, 2.24) is 15.0 Å². The number of carbonyl (C=O) groups excluding carboxylic acids is 1. The van der Waals surface area contributed by atoms with Crippen LogP contribution in [0.2, 0.25) is 0 Å². The number of aromatic nitrogens is 1. The van der Waals surface area contributed by atoms with Crippen molar-refractivity contribution in [3.05, 3.63) is 52.7 Å². The molecule has 8 heteroatoms. The average molecular weight is 391 g/mol. The van der Waals surface area contributed by atoms with Crippen LogP contribution in [-0.4, -0.2) is 33.0 Å². The van der Waals surface area contributed by atoms with Crippen molar-refractivity contribution in [3.63, 3.8) is 0 Å². The first-order valence-corrected chi connectivity index (χ1v) is 10.0. The first-order valence-electron chi connectivity index (χ1n) is 8.56. The summed E-state index contributed by atoms with van der Waals surface area (Å²) in [6.45, 7) is 5.81. The van der Waals surface area contributed by atoms with Gasteiger partial charge in [-0.25, -0.2) is 18.1 Å². The molecule has 2 rings (SSSR count). The van der Waals surface area contributed by atoms with E-state index < -0.39 is 10.0 Å². The summed E-state index contributed by atoms with van der Waals surface area (Å²) in [4.78, 5) is 16.3. The van der Waals surface area contributed by atoms with Gasteiger partial charge in [0.15, 0.2) is 0 Å². The van der Waals surface area contributed by atoms with E-state index in [9.17, 15) is 13.2 Å². The molecule has 27 heavy (non-hydrogen) atoms. The van der Waals surface area contributed by atoms with E-state index in [0.717, 1.165) is 11.1 Å². The van der Waals surface area contributed by atoms with E-state index in [1.165, 1.54) is 7.11 Å². The van der Waals surface area contributed by atoms with Crippen molar-refractivity contribution in [2.45, 2.75) is 38.6 Å². The molecular weight excluding hydrogens is 366 g/mol. The van der Waals surface area contributed by atoms with Crippen molar-refractivity contribution in [2.24, 2.45) is 0 Å². The smallest absolute Gasteiger partial charge is 0.241 e. The molecule has 0 unspecified atom stereocenters. The van der Waals surface area contributed by atoms with Crippen LogP contribution in [-0.2, 0) is 21.4 Å². The summed E-state index contributed by atoms with van der Waals surface area (Å²) in [6.07, 6.45) is 1.64. The number of sulfonamides is 1. The van der Waals surface area contributed by atoms with Crippen molar-refractivity contribution in [3.8, 4) is 5.88 Å². The molecule has 146 valence electrons. The number of pyridine rings is 1. The molecule has 0 radical (unpaired) electrons. The number of rotatable bonds is 8. The Kier molecular flexibility index (Phi) is 6.92. The van der Waals surface area contributed by atoms with E-state index in [0.29, 0.717) is 23.6 Å². The maximum Gasteiger partial charge on any atom is 0.241 e. The standard InChI is InChI=1S/C19H25N3O4S/c1-13-9-14(2)19(15(3)10-13)27(24,25)22-8-6-17(23)21-12-16-5-7-20-18(11-16)26-4/h5,7,9-11,22H,6,8,12H2,1-4H3,(H,21,23). The van der Waals surface area contributed by atoms with Gasteiger partial charge in [0.1, 0.15) is 0 Å². The molecule has 1 heterocycles. The van der Waals surface area contributed by atoms with Crippen LogP contribution in [0.4, 0.5) is 0 Å². The molecule has 0 spiro atoms. The second-order valence-electron chi connectivity index (χ2n) is 6.36. The highest BCUT2D eigenvalue weighted by Gasteiger charge is 2.19. The topological polar surface area (TPSA) is 97.4 Å². The van der Waals surface area contributed by atoms with Crippen LogP contribution in [0.25, 0.3) is 0 Å². The minimum absolute atomic E-state index is 0.0284. The molecule has 0 aliphatic rings. The number of hydrogen-bond acceptors (Lipinski definition) is 5. The lowest BCUT2D eigenvalue weighted by atomic mass is 10.1. The summed E-state index contributed by atoms with van der Waals surface area (Å²) >= 11 is 0. The molecule has 0 saturated heterocycles. The third-order valence-electron chi connectivity index (χ3n) is 4.02. The largest absolute Gasteiger partial charge is 0.481 e. The Balaban J connectivity index is 1.88. The van der Waals surface area contributed by atoms with Gasteiger partial charge in [0.2, 0.25) is 21.8 Å². The monoisotopic (exact) mass is 391 g/mol. The quantitative estimate of drug-likeness (QED) is 0.717. The van der Waals surface area contributed by atoms with Crippen LogP contribution >= 0.6 is 0 Å². The van der Waals surface area contributed by atoms with Crippen molar-refractivity contribution in [1.29, 1.82) is 0 Å². The highest BCUT2D eigenvalue weighted by molar-refractivity contribution is 7.89. The van der Waals surface area contributed by atoms with Gasteiger partial charge in [-0.05, 0) is 43.5 Å². The number of nitrogens with one attached hydrogen (secondary N) is 2. The second-order valence-corrected chi connectivity index (χ2v) is 8.06. The summed E-state index contributed by atoms with van der Waals surface area (Å²) in [5, 5.41) is 2.75. The molecule has 0 aliphatic carbocycles. The van der Waals surface area contributed by atoms with E-state index in [2.05, 4.69) is 15.0 Å². The minimum Gasteiger partial charge on any atom is -0.481 e. The van der Waals surface area contributed by atoms with Gasteiger partial charge < -0.3 is 10.1 Å². The van der Waals surface area contributed by atoms with Gasteiger partial charge in [-0.2, -0.15) is 0 Å². The van der Waals surface area contributed by atoms with Gasteiger partial charge in [0.25, 0.3) is 0 Å². The Morgan fingerprint density at radius 3 is 2.44 bits per heavy atom. The van der Waals surface area contributed by atoms with Crippen LogP contribution in [0.15, 0.2) is 35.4 Å². The Bertz CT molecular complexity index is 903. The van der Waals surface area contributed by atoms with Gasteiger partial charge in [0.05, 0.1) is 12.0 Å². The summed E-state index contributed by atoms with van der Waals surface area (Å²) in [6, 6.07) is 7.16. The third-order valence-corrected chi connectivity index (χ3v) is 5.78. The fourth-order valence-electron chi connectivity index (χ4n) is 2.92. The third kappa shape index (κ3) is 5.77. The lowest BCUT2D eigenvalue weighted by Crippen LogP contribution is -2.31. The summed E-state index contributed by atoms with van der Waals surface area (Å²) in [5.74, 6) is 0.226. The first kappa shape index (κ1) is 20.9. The zero-order valence-corrected chi connectivity index (χ0v) is 16.8. The maximum absolute atomic E-state index is 12.6. The Morgan fingerprint density at radius 2 is 1.81 bits per heavy atom. The SMILES string of the molecule is COc1cc(CNC(=O)CCNS(=O)(=O)c2c(C)cc(C)cc2C)ccn1. The zero-order valence-electron chi connectivity index (χ0n) is 16.0. The number of aryl methyl sites for hydroxylation is 3. The van der Waals surface area contributed by atoms with E-state index in [1.54, 1.807) is 32.2 Å². The first-order chi connectivity index (χ1) is 12.7. The van der Waals surface area contributed by atoms with Crippen LogP contribution in [0.1, 0.15) is 28.7 Å². The number of methoxy groups -OCH3 is 1.